The number of fused-ring (bicyclic) bond motifs is 1. The average Bonchev–Trinajstić information content (AvgIpc) is 2.73. The van der Waals surface area contributed by atoms with Crippen LogP contribution in [0.15, 0.2) is 23.1 Å². The summed E-state index contributed by atoms with van der Waals surface area (Å²) < 4.78 is 0. The molecule has 0 N–H and O–H groups in total. The van der Waals surface area contributed by atoms with E-state index < -0.39 is 0 Å². The number of thioether (sulfide) groups is 1. The fraction of sp³-hybridized carbons (Fsp3) is 0.571. The van der Waals surface area contributed by atoms with E-state index in [-0.39, 0.29) is 0 Å². The number of benzene rings is 1. The van der Waals surface area contributed by atoms with Crippen LogP contribution < -0.4 is 0 Å². The van der Waals surface area contributed by atoms with Crippen LogP contribution in [0.25, 0.3) is 0 Å². The van der Waals surface area contributed by atoms with E-state index in [4.69, 9.17) is 0 Å². The van der Waals surface area contributed by atoms with Gasteiger partial charge >= 0.3 is 0 Å². The first kappa shape index (κ1) is 12.4. The van der Waals surface area contributed by atoms with Gasteiger partial charge in [-0.25, -0.2) is 0 Å². The van der Waals surface area contributed by atoms with E-state index in [1.165, 1.54) is 24.2 Å². The molecule has 0 heterocycles. The molecule has 2 heteroatoms. The molecule has 1 aliphatic carbocycles. The Balaban J connectivity index is 2.00. The van der Waals surface area contributed by atoms with Crippen LogP contribution in [0.3, 0.4) is 0 Å². The third kappa shape index (κ3) is 2.98. The predicted molar refractivity (Wildman–Crippen MR) is 76.8 cm³/mol. The van der Waals surface area contributed by atoms with E-state index in [2.05, 4.69) is 44.7 Å². The van der Waals surface area contributed by atoms with E-state index in [0.717, 1.165) is 11.5 Å². The Bertz CT molecular complexity index is 369. The normalized spacial score (nSPS) is 15.2. The highest BCUT2D eigenvalue weighted by molar-refractivity contribution is 7.99. The van der Waals surface area contributed by atoms with Crippen LogP contribution in [-0.2, 0) is 12.8 Å². The number of rotatable bonds is 4. The van der Waals surface area contributed by atoms with Gasteiger partial charge in [0, 0.05) is 10.6 Å². The summed E-state index contributed by atoms with van der Waals surface area (Å²) in [6.07, 6.45) is 3.90. The van der Waals surface area contributed by atoms with E-state index in [1.807, 2.05) is 11.8 Å². The summed E-state index contributed by atoms with van der Waals surface area (Å²) in [5, 5.41) is 0. The zero-order valence-corrected chi connectivity index (χ0v) is 11.8. The minimum absolute atomic E-state index is 0.326. The Kier molecular flexibility index (Phi) is 3.91. The highest BCUT2D eigenvalue weighted by Crippen LogP contribution is 2.31. The molecular formula is C14H20S2. The van der Waals surface area contributed by atoms with Crippen LogP contribution in [0.4, 0.5) is 0 Å². The largest absolute Gasteiger partial charge is 0.179 e. The van der Waals surface area contributed by atoms with Gasteiger partial charge in [-0.1, -0.05) is 19.9 Å². The average molecular weight is 252 g/mol. The molecule has 0 fully saturated rings. The van der Waals surface area contributed by atoms with Crippen LogP contribution in [0, 0.1) is 5.41 Å². The van der Waals surface area contributed by atoms with Crippen molar-refractivity contribution < 1.29 is 0 Å². The molecule has 0 bridgehead atoms. The van der Waals surface area contributed by atoms with Crippen molar-refractivity contribution in [2.45, 2.75) is 38.0 Å². The summed E-state index contributed by atoms with van der Waals surface area (Å²) in [7, 11) is 0. The summed E-state index contributed by atoms with van der Waals surface area (Å²) in [6, 6.07) is 6.99. The van der Waals surface area contributed by atoms with E-state index in [0.29, 0.717) is 5.41 Å². The fourth-order valence-corrected chi connectivity index (χ4v) is 3.27. The Morgan fingerprint density at radius 3 is 2.75 bits per heavy atom. The third-order valence-corrected chi connectivity index (χ3v) is 5.50. The molecule has 2 rings (SSSR count). The van der Waals surface area contributed by atoms with Crippen molar-refractivity contribution in [2.75, 3.05) is 11.5 Å². The topological polar surface area (TPSA) is 0 Å². The van der Waals surface area contributed by atoms with Gasteiger partial charge < -0.3 is 0 Å². The molecule has 88 valence electrons. The highest BCUT2D eigenvalue weighted by atomic mass is 32.2. The summed E-state index contributed by atoms with van der Waals surface area (Å²) in [5.41, 5.74) is 3.47. The van der Waals surface area contributed by atoms with Crippen molar-refractivity contribution in [3.63, 3.8) is 0 Å². The van der Waals surface area contributed by atoms with Crippen molar-refractivity contribution in [1.29, 1.82) is 0 Å². The van der Waals surface area contributed by atoms with Gasteiger partial charge in [0.25, 0.3) is 0 Å². The van der Waals surface area contributed by atoms with Crippen LogP contribution in [0.2, 0.25) is 0 Å². The van der Waals surface area contributed by atoms with Crippen LogP contribution in [-0.4, -0.2) is 11.5 Å². The van der Waals surface area contributed by atoms with Crippen molar-refractivity contribution in [1.82, 2.24) is 0 Å². The molecule has 0 nitrogen and oxygen atoms in total. The monoisotopic (exact) mass is 252 g/mol. The standard InChI is InChI=1S/C14H20S2/c1-14(2,9-15)10-16-13-7-6-11-4-3-5-12(11)8-13/h6-8,15H,3-5,9-10H2,1-2H3. The first-order valence-corrected chi connectivity index (χ1v) is 7.58. The van der Waals surface area contributed by atoms with Crippen LogP contribution in [0.1, 0.15) is 31.4 Å². The number of thiol groups is 1. The van der Waals surface area contributed by atoms with E-state index in [1.54, 1.807) is 11.1 Å². The maximum atomic E-state index is 4.40. The second-order valence-corrected chi connectivity index (χ2v) is 6.76. The lowest BCUT2D eigenvalue weighted by atomic mass is 10.0. The first-order valence-electron chi connectivity index (χ1n) is 5.96. The van der Waals surface area contributed by atoms with Gasteiger partial charge in [-0.3, -0.25) is 0 Å². The van der Waals surface area contributed by atoms with Gasteiger partial charge in [0.15, 0.2) is 0 Å². The summed E-state index contributed by atoms with van der Waals surface area (Å²) in [6.45, 7) is 4.56. The molecule has 1 aliphatic rings. The van der Waals surface area contributed by atoms with Crippen LogP contribution in [0.5, 0.6) is 0 Å². The molecule has 0 aromatic heterocycles. The van der Waals surface area contributed by atoms with Gasteiger partial charge in [0.2, 0.25) is 0 Å². The molecule has 0 saturated heterocycles. The Morgan fingerprint density at radius 1 is 1.25 bits per heavy atom. The van der Waals surface area contributed by atoms with E-state index >= 15 is 0 Å². The number of hydrogen-bond acceptors (Lipinski definition) is 2. The van der Waals surface area contributed by atoms with Crippen molar-refractivity contribution in [2.24, 2.45) is 5.41 Å². The van der Waals surface area contributed by atoms with Crippen molar-refractivity contribution in [3.8, 4) is 0 Å². The lowest BCUT2D eigenvalue weighted by Gasteiger charge is -2.21. The SMILES string of the molecule is CC(C)(CS)CSc1ccc2c(c1)CCC2. The van der Waals surface area contributed by atoms with Gasteiger partial charge in [-0.15, -0.1) is 11.8 Å². The molecule has 1 aromatic rings. The highest BCUT2D eigenvalue weighted by Gasteiger charge is 2.17. The van der Waals surface area contributed by atoms with Gasteiger partial charge in [0.05, 0.1) is 0 Å². The molecule has 0 radical (unpaired) electrons. The van der Waals surface area contributed by atoms with Gasteiger partial charge in [0.1, 0.15) is 0 Å². The van der Waals surface area contributed by atoms with Crippen molar-refractivity contribution >= 4 is 24.4 Å². The molecule has 0 aliphatic heterocycles. The zero-order chi connectivity index (χ0) is 11.6. The fourth-order valence-electron chi connectivity index (χ4n) is 1.96. The maximum Gasteiger partial charge on any atom is 0.00750 e. The smallest absolute Gasteiger partial charge is 0.00750 e. The Labute approximate surface area is 109 Å². The molecule has 0 saturated carbocycles. The maximum absolute atomic E-state index is 4.40. The lowest BCUT2D eigenvalue weighted by molar-refractivity contribution is 0.494. The summed E-state index contributed by atoms with van der Waals surface area (Å²) in [5.74, 6) is 2.10. The molecule has 1 aromatic carbocycles. The van der Waals surface area contributed by atoms with Gasteiger partial charge in [-0.05, 0) is 53.7 Å². The first-order chi connectivity index (χ1) is 7.61. The second-order valence-electron chi connectivity index (χ2n) is 5.40. The van der Waals surface area contributed by atoms with Crippen LogP contribution >= 0.6 is 24.4 Å². The van der Waals surface area contributed by atoms with Gasteiger partial charge in [-0.2, -0.15) is 12.6 Å². The third-order valence-electron chi connectivity index (χ3n) is 3.13. The lowest BCUT2D eigenvalue weighted by Crippen LogP contribution is -2.16. The molecule has 0 amide bonds. The minimum Gasteiger partial charge on any atom is -0.179 e. The molecule has 0 atom stereocenters. The zero-order valence-electron chi connectivity index (χ0n) is 10.1. The predicted octanol–water partition coefficient (Wildman–Crippen LogP) is 4.22. The molecule has 0 unspecified atom stereocenters. The number of hydrogen-bond donors (Lipinski definition) is 1. The number of aryl methyl sites for hydroxylation is 2. The molecule has 0 spiro atoms. The Hall–Kier alpha value is -0.0800. The Morgan fingerprint density at radius 2 is 2.00 bits per heavy atom. The summed E-state index contributed by atoms with van der Waals surface area (Å²) >= 11 is 6.37. The van der Waals surface area contributed by atoms with Crippen molar-refractivity contribution in [3.05, 3.63) is 29.3 Å². The second kappa shape index (κ2) is 5.05. The molecule has 16 heavy (non-hydrogen) atoms. The molecular weight excluding hydrogens is 232 g/mol. The summed E-state index contributed by atoms with van der Waals surface area (Å²) in [4.78, 5) is 1.43. The van der Waals surface area contributed by atoms with E-state index in [9.17, 15) is 0 Å². The quantitative estimate of drug-likeness (QED) is 0.618. The minimum atomic E-state index is 0.326.